The zero-order valence-electron chi connectivity index (χ0n) is 8.79. The Labute approximate surface area is 112 Å². The van der Waals surface area contributed by atoms with Gasteiger partial charge in [0.15, 0.2) is 0 Å². The molecule has 88 valence electrons. The quantitative estimate of drug-likeness (QED) is 0.714. The molecule has 0 saturated carbocycles. The second-order valence-electron chi connectivity index (χ2n) is 3.45. The van der Waals surface area contributed by atoms with Crippen LogP contribution in [0.15, 0.2) is 46.9 Å². The SMILES string of the molecule is Fc1ccc(Oc2cccc(Br)c2)c(CCl)c1. The number of alkyl halides is 1. The van der Waals surface area contributed by atoms with Gasteiger partial charge in [-0.05, 0) is 36.4 Å². The molecule has 0 heterocycles. The van der Waals surface area contributed by atoms with Gasteiger partial charge >= 0.3 is 0 Å². The van der Waals surface area contributed by atoms with Gasteiger partial charge in [0.1, 0.15) is 17.3 Å². The highest BCUT2D eigenvalue weighted by molar-refractivity contribution is 9.10. The van der Waals surface area contributed by atoms with Gasteiger partial charge in [-0.1, -0.05) is 22.0 Å². The molecule has 0 amide bonds. The third-order valence-corrected chi connectivity index (χ3v) is 2.97. The first-order valence-electron chi connectivity index (χ1n) is 4.97. The Kier molecular flexibility index (Phi) is 4.02. The van der Waals surface area contributed by atoms with Crippen molar-refractivity contribution < 1.29 is 9.13 Å². The fourth-order valence-electron chi connectivity index (χ4n) is 1.41. The number of hydrogen-bond acceptors (Lipinski definition) is 1. The van der Waals surface area contributed by atoms with Crippen LogP contribution in [-0.4, -0.2) is 0 Å². The molecule has 0 aromatic heterocycles. The normalized spacial score (nSPS) is 10.3. The third kappa shape index (κ3) is 3.20. The van der Waals surface area contributed by atoms with Crippen molar-refractivity contribution in [2.24, 2.45) is 0 Å². The molecule has 0 N–H and O–H groups in total. The first-order valence-corrected chi connectivity index (χ1v) is 6.29. The summed E-state index contributed by atoms with van der Waals surface area (Å²) in [4.78, 5) is 0. The van der Waals surface area contributed by atoms with Crippen molar-refractivity contribution in [3.63, 3.8) is 0 Å². The van der Waals surface area contributed by atoms with E-state index in [0.29, 0.717) is 17.1 Å². The van der Waals surface area contributed by atoms with E-state index in [0.717, 1.165) is 4.47 Å². The van der Waals surface area contributed by atoms with Crippen LogP contribution in [0.1, 0.15) is 5.56 Å². The molecular formula is C13H9BrClFO. The number of ether oxygens (including phenoxy) is 1. The maximum absolute atomic E-state index is 13.0. The fourth-order valence-corrected chi connectivity index (χ4v) is 2.00. The highest BCUT2D eigenvalue weighted by atomic mass is 79.9. The maximum atomic E-state index is 13.0. The average molecular weight is 316 g/mol. The van der Waals surface area contributed by atoms with E-state index in [1.807, 2.05) is 24.3 Å². The van der Waals surface area contributed by atoms with Crippen LogP contribution < -0.4 is 4.74 Å². The lowest BCUT2D eigenvalue weighted by molar-refractivity contribution is 0.475. The largest absolute Gasteiger partial charge is 0.457 e. The van der Waals surface area contributed by atoms with Crippen LogP contribution in [0.25, 0.3) is 0 Å². The van der Waals surface area contributed by atoms with Gasteiger partial charge in [0.25, 0.3) is 0 Å². The minimum atomic E-state index is -0.317. The molecule has 0 spiro atoms. The van der Waals surface area contributed by atoms with Gasteiger partial charge in [0, 0.05) is 10.0 Å². The molecule has 0 aliphatic rings. The Morgan fingerprint density at radius 3 is 2.71 bits per heavy atom. The molecule has 0 saturated heterocycles. The average Bonchev–Trinajstić information content (AvgIpc) is 2.31. The molecule has 2 rings (SSSR count). The van der Waals surface area contributed by atoms with Gasteiger partial charge in [0.05, 0.1) is 5.88 Å². The monoisotopic (exact) mass is 314 g/mol. The van der Waals surface area contributed by atoms with Gasteiger partial charge in [-0.15, -0.1) is 11.6 Å². The molecule has 0 unspecified atom stereocenters. The van der Waals surface area contributed by atoms with E-state index >= 15 is 0 Å². The summed E-state index contributed by atoms with van der Waals surface area (Å²) in [5, 5.41) is 0. The molecule has 4 heteroatoms. The van der Waals surface area contributed by atoms with E-state index in [2.05, 4.69) is 15.9 Å². The summed E-state index contributed by atoms with van der Waals surface area (Å²) in [5.41, 5.74) is 0.631. The smallest absolute Gasteiger partial charge is 0.132 e. The summed E-state index contributed by atoms with van der Waals surface area (Å²) in [5.74, 6) is 1.14. The van der Waals surface area contributed by atoms with Gasteiger partial charge in [-0.25, -0.2) is 4.39 Å². The van der Waals surface area contributed by atoms with Crippen LogP contribution >= 0.6 is 27.5 Å². The van der Waals surface area contributed by atoms with Crippen molar-refractivity contribution in [3.8, 4) is 11.5 Å². The summed E-state index contributed by atoms with van der Waals surface area (Å²) in [7, 11) is 0. The third-order valence-electron chi connectivity index (χ3n) is 2.19. The van der Waals surface area contributed by atoms with Crippen molar-refractivity contribution >= 4 is 27.5 Å². The Hall–Kier alpha value is -1.06. The van der Waals surface area contributed by atoms with Gasteiger partial charge in [-0.2, -0.15) is 0 Å². The fraction of sp³-hybridized carbons (Fsp3) is 0.0769. The standard InChI is InChI=1S/C13H9BrClFO/c14-10-2-1-3-12(7-10)17-13-5-4-11(16)6-9(13)8-15/h1-7H,8H2. The van der Waals surface area contributed by atoms with Crippen LogP contribution in [0.2, 0.25) is 0 Å². The molecular weight excluding hydrogens is 306 g/mol. The Bertz CT molecular complexity index is 531. The molecule has 2 aromatic carbocycles. The Morgan fingerprint density at radius 1 is 1.18 bits per heavy atom. The van der Waals surface area contributed by atoms with E-state index in [4.69, 9.17) is 16.3 Å². The predicted molar refractivity (Wildman–Crippen MR) is 70.2 cm³/mol. The molecule has 0 aliphatic carbocycles. The first-order chi connectivity index (χ1) is 8.19. The van der Waals surface area contributed by atoms with Crippen LogP contribution in [0.3, 0.4) is 0 Å². The number of hydrogen-bond donors (Lipinski definition) is 0. The summed E-state index contributed by atoms with van der Waals surface area (Å²) in [6, 6.07) is 11.7. The Morgan fingerprint density at radius 2 is 2.00 bits per heavy atom. The zero-order chi connectivity index (χ0) is 12.3. The lowest BCUT2D eigenvalue weighted by Gasteiger charge is -2.09. The van der Waals surface area contributed by atoms with Gasteiger partial charge in [0.2, 0.25) is 0 Å². The van der Waals surface area contributed by atoms with Crippen LogP contribution in [0.5, 0.6) is 11.5 Å². The number of rotatable bonds is 3. The van der Waals surface area contributed by atoms with E-state index in [1.54, 1.807) is 6.07 Å². The second-order valence-corrected chi connectivity index (χ2v) is 4.63. The Balaban J connectivity index is 2.29. The summed E-state index contributed by atoms with van der Waals surface area (Å²) in [6.45, 7) is 0. The molecule has 0 fully saturated rings. The number of halogens is 3. The van der Waals surface area contributed by atoms with Crippen molar-refractivity contribution in [1.29, 1.82) is 0 Å². The molecule has 17 heavy (non-hydrogen) atoms. The van der Waals surface area contributed by atoms with Crippen molar-refractivity contribution in [2.75, 3.05) is 0 Å². The summed E-state index contributed by atoms with van der Waals surface area (Å²) in [6.07, 6.45) is 0. The maximum Gasteiger partial charge on any atom is 0.132 e. The summed E-state index contributed by atoms with van der Waals surface area (Å²) >= 11 is 9.10. The molecule has 1 nitrogen and oxygen atoms in total. The van der Waals surface area contributed by atoms with Crippen molar-refractivity contribution in [3.05, 3.63) is 58.3 Å². The molecule has 0 bridgehead atoms. The van der Waals surface area contributed by atoms with Crippen LogP contribution in [-0.2, 0) is 5.88 Å². The van der Waals surface area contributed by atoms with Crippen LogP contribution in [0.4, 0.5) is 4.39 Å². The van der Waals surface area contributed by atoms with E-state index in [-0.39, 0.29) is 11.7 Å². The second kappa shape index (κ2) is 5.52. The van der Waals surface area contributed by atoms with E-state index in [9.17, 15) is 4.39 Å². The molecule has 0 aliphatic heterocycles. The number of benzene rings is 2. The molecule has 0 atom stereocenters. The molecule has 2 aromatic rings. The highest BCUT2D eigenvalue weighted by Gasteiger charge is 2.06. The predicted octanol–water partition coefficient (Wildman–Crippen LogP) is 5.12. The lowest BCUT2D eigenvalue weighted by atomic mass is 10.2. The van der Waals surface area contributed by atoms with Gasteiger partial charge in [-0.3, -0.25) is 0 Å². The van der Waals surface area contributed by atoms with E-state index < -0.39 is 0 Å². The zero-order valence-corrected chi connectivity index (χ0v) is 11.1. The van der Waals surface area contributed by atoms with Crippen molar-refractivity contribution in [2.45, 2.75) is 5.88 Å². The van der Waals surface area contributed by atoms with E-state index in [1.165, 1.54) is 12.1 Å². The topological polar surface area (TPSA) is 9.23 Å². The van der Waals surface area contributed by atoms with Crippen molar-refractivity contribution in [1.82, 2.24) is 0 Å². The summed E-state index contributed by atoms with van der Waals surface area (Å²) < 4.78 is 19.6. The first kappa shape index (κ1) is 12.4. The minimum Gasteiger partial charge on any atom is -0.457 e. The highest BCUT2D eigenvalue weighted by Crippen LogP contribution is 2.28. The molecule has 0 radical (unpaired) electrons. The van der Waals surface area contributed by atoms with Gasteiger partial charge < -0.3 is 4.74 Å². The lowest BCUT2D eigenvalue weighted by Crippen LogP contribution is -1.90. The minimum absolute atomic E-state index is 0.209. The van der Waals surface area contributed by atoms with Crippen LogP contribution in [0, 0.1) is 5.82 Å².